The van der Waals surface area contributed by atoms with E-state index in [1.165, 1.54) is 10.8 Å². The molecule has 0 saturated carbocycles. The molecule has 4 heterocycles. The minimum atomic E-state index is -2.02. The number of nitrogens with zero attached hydrogens (tertiary/aromatic N) is 4. The van der Waals surface area contributed by atoms with Gasteiger partial charge in [0.1, 0.15) is 42.8 Å². The Labute approximate surface area is 163 Å². The molecule has 2 aliphatic heterocycles. The standard InChI is InChI=1S/C17H17N5O7/c18-5-17(6-27-16(26)10-3-4-11(23)28-10)14(25)12(24)13(29-17)8-1-2-9-15(19)20-7-21-22(8)9/h1-2,7,10,12-14,24-25H,3-4,6H2,(H2,19,20,21)/t10-,12+,13+,14+,17-/m1/s1. The molecule has 4 rings (SSSR count). The summed E-state index contributed by atoms with van der Waals surface area (Å²) in [4.78, 5) is 27.1. The van der Waals surface area contributed by atoms with Crippen LogP contribution < -0.4 is 5.73 Å². The Morgan fingerprint density at radius 1 is 1.48 bits per heavy atom. The van der Waals surface area contributed by atoms with E-state index in [0.717, 1.165) is 0 Å². The van der Waals surface area contributed by atoms with Gasteiger partial charge in [0, 0.05) is 12.8 Å². The number of carbonyl (C=O) groups is 2. The van der Waals surface area contributed by atoms with E-state index in [1.807, 2.05) is 0 Å². The normalized spacial score (nSPS) is 31.6. The van der Waals surface area contributed by atoms with Crippen LogP contribution in [-0.4, -0.2) is 67.3 Å². The number of ether oxygens (including phenoxy) is 3. The third-order valence-electron chi connectivity index (χ3n) is 5.02. The average Bonchev–Trinajstić information content (AvgIpc) is 3.40. The van der Waals surface area contributed by atoms with Crippen LogP contribution in [0.5, 0.6) is 0 Å². The molecule has 2 aliphatic rings. The molecule has 12 nitrogen and oxygen atoms in total. The SMILES string of the molecule is N#C[C@]1(COC(=O)[C@H]2CCC(=O)O2)O[C@@H](c2ccc3c(N)ncnn23)[C@H](O)[C@@H]1O. The maximum atomic E-state index is 12.1. The second-order valence-electron chi connectivity index (χ2n) is 6.80. The van der Waals surface area contributed by atoms with Gasteiger partial charge in [0.15, 0.2) is 11.9 Å². The van der Waals surface area contributed by atoms with Crippen molar-refractivity contribution in [1.82, 2.24) is 14.6 Å². The Morgan fingerprint density at radius 3 is 2.97 bits per heavy atom. The molecule has 0 unspecified atom stereocenters. The van der Waals surface area contributed by atoms with Gasteiger partial charge < -0.3 is 30.2 Å². The lowest BCUT2D eigenvalue weighted by Gasteiger charge is -2.24. The first-order chi connectivity index (χ1) is 13.9. The van der Waals surface area contributed by atoms with E-state index in [9.17, 15) is 25.1 Å². The van der Waals surface area contributed by atoms with E-state index in [2.05, 4.69) is 10.1 Å². The van der Waals surface area contributed by atoms with E-state index in [1.54, 1.807) is 18.2 Å². The van der Waals surface area contributed by atoms with Gasteiger partial charge >= 0.3 is 11.9 Å². The molecule has 29 heavy (non-hydrogen) atoms. The Morgan fingerprint density at radius 2 is 2.28 bits per heavy atom. The van der Waals surface area contributed by atoms with Crippen molar-refractivity contribution in [2.24, 2.45) is 0 Å². The molecule has 2 aromatic rings. The van der Waals surface area contributed by atoms with Gasteiger partial charge in [-0.1, -0.05) is 0 Å². The molecule has 0 radical (unpaired) electrons. The van der Waals surface area contributed by atoms with Gasteiger partial charge in [0.2, 0.25) is 5.60 Å². The summed E-state index contributed by atoms with van der Waals surface area (Å²) in [5.74, 6) is -1.17. The first-order valence-electron chi connectivity index (χ1n) is 8.76. The van der Waals surface area contributed by atoms with Crippen LogP contribution in [0.4, 0.5) is 5.82 Å². The maximum Gasteiger partial charge on any atom is 0.347 e. The van der Waals surface area contributed by atoms with E-state index >= 15 is 0 Å². The minimum absolute atomic E-state index is 0.0926. The van der Waals surface area contributed by atoms with Crippen LogP contribution in [0.2, 0.25) is 0 Å². The molecule has 2 fully saturated rings. The van der Waals surface area contributed by atoms with E-state index in [4.69, 9.17) is 19.9 Å². The van der Waals surface area contributed by atoms with Crippen molar-refractivity contribution < 1.29 is 34.0 Å². The summed E-state index contributed by atoms with van der Waals surface area (Å²) in [5.41, 5.74) is 4.55. The second kappa shape index (κ2) is 6.96. The predicted octanol–water partition coefficient (Wildman–Crippen LogP) is -1.38. The molecular weight excluding hydrogens is 386 g/mol. The quantitative estimate of drug-likeness (QED) is 0.511. The van der Waals surface area contributed by atoms with E-state index < -0.39 is 48.6 Å². The number of hydrogen-bond donors (Lipinski definition) is 3. The molecule has 0 aliphatic carbocycles. The highest BCUT2D eigenvalue weighted by Crippen LogP contribution is 2.40. The fourth-order valence-corrected chi connectivity index (χ4v) is 3.44. The highest BCUT2D eigenvalue weighted by atomic mass is 16.6. The monoisotopic (exact) mass is 403 g/mol. The van der Waals surface area contributed by atoms with Crippen LogP contribution in [0.15, 0.2) is 18.5 Å². The number of aliphatic hydroxyl groups is 2. The number of aliphatic hydroxyl groups excluding tert-OH is 2. The molecule has 0 bridgehead atoms. The number of hydrogen-bond acceptors (Lipinski definition) is 11. The molecule has 4 N–H and O–H groups in total. The van der Waals surface area contributed by atoms with Crippen molar-refractivity contribution in [3.63, 3.8) is 0 Å². The molecule has 12 heteroatoms. The first kappa shape index (κ1) is 19.1. The summed E-state index contributed by atoms with van der Waals surface area (Å²) in [6.07, 6.45) is -3.92. The Kier molecular flexibility index (Phi) is 4.58. The van der Waals surface area contributed by atoms with Crippen molar-refractivity contribution in [2.45, 2.75) is 42.9 Å². The van der Waals surface area contributed by atoms with Crippen LogP contribution in [0.1, 0.15) is 24.6 Å². The lowest BCUT2D eigenvalue weighted by atomic mass is 9.96. The number of rotatable bonds is 4. The molecular formula is C17H17N5O7. The van der Waals surface area contributed by atoms with Crippen LogP contribution in [0.25, 0.3) is 5.52 Å². The molecule has 2 saturated heterocycles. The van der Waals surface area contributed by atoms with Crippen molar-refractivity contribution in [2.75, 3.05) is 12.3 Å². The Balaban J connectivity index is 1.55. The van der Waals surface area contributed by atoms with Gasteiger partial charge in [0.05, 0.1) is 5.69 Å². The van der Waals surface area contributed by atoms with Gasteiger partial charge in [-0.3, -0.25) is 4.79 Å². The summed E-state index contributed by atoms with van der Waals surface area (Å²) in [6, 6.07) is 4.95. The topological polar surface area (TPSA) is 182 Å². The van der Waals surface area contributed by atoms with E-state index in [0.29, 0.717) is 11.2 Å². The second-order valence-corrected chi connectivity index (χ2v) is 6.80. The summed E-state index contributed by atoms with van der Waals surface area (Å²) >= 11 is 0. The largest absolute Gasteiger partial charge is 0.459 e. The Bertz CT molecular complexity index is 1020. The van der Waals surface area contributed by atoms with Gasteiger partial charge in [-0.15, -0.1) is 0 Å². The number of esters is 2. The Hall–Kier alpha value is -3.27. The highest BCUT2D eigenvalue weighted by Gasteiger charge is 2.57. The molecule has 5 atom stereocenters. The number of fused-ring (bicyclic) bond motifs is 1. The molecule has 0 amide bonds. The zero-order chi connectivity index (χ0) is 20.8. The smallest absolute Gasteiger partial charge is 0.347 e. The predicted molar refractivity (Wildman–Crippen MR) is 91.7 cm³/mol. The molecule has 152 valence electrons. The van der Waals surface area contributed by atoms with Crippen molar-refractivity contribution >= 4 is 23.3 Å². The summed E-state index contributed by atoms with van der Waals surface area (Å²) in [5, 5.41) is 34.7. The third kappa shape index (κ3) is 3.05. The molecule has 2 aromatic heterocycles. The first-order valence-corrected chi connectivity index (χ1v) is 8.76. The fraction of sp³-hybridized carbons (Fsp3) is 0.471. The summed E-state index contributed by atoms with van der Waals surface area (Å²) < 4.78 is 16.9. The van der Waals surface area contributed by atoms with E-state index in [-0.39, 0.29) is 18.7 Å². The fourth-order valence-electron chi connectivity index (χ4n) is 3.44. The lowest BCUT2D eigenvalue weighted by Crippen LogP contribution is -2.47. The van der Waals surface area contributed by atoms with Gasteiger partial charge in [-0.2, -0.15) is 10.4 Å². The van der Waals surface area contributed by atoms with Crippen LogP contribution >= 0.6 is 0 Å². The molecule has 0 aromatic carbocycles. The number of nitrogens with two attached hydrogens (primary N) is 1. The average molecular weight is 403 g/mol. The number of carbonyl (C=O) groups excluding carboxylic acids is 2. The number of nitrogen functional groups attached to an aromatic ring is 1. The van der Waals surface area contributed by atoms with Crippen LogP contribution in [0.3, 0.4) is 0 Å². The lowest BCUT2D eigenvalue weighted by molar-refractivity contribution is -0.169. The minimum Gasteiger partial charge on any atom is -0.459 e. The number of cyclic esters (lactones) is 1. The molecule has 0 spiro atoms. The van der Waals surface area contributed by atoms with Crippen molar-refractivity contribution in [3.8, 4) is 6.07 Å². The van der Waals surface area contributed by atoms with Crippen molar-refractivity contribution in [3.05, 3.63) is 24.2 Å². The zero-order valence-electron chi connectivity index (χ0n) is 15.0. The number of anilines is 1. The van der Waals surface area contributed by atoms with Crippen LogP contribution in [-0.2, 0) is 23.8 Å². The van der Waals surface area contributed by atoms with Crippen LogP contribution in [0, 0.1) is 11.3 Å². The number of aromatic nitrogens is 3. The third-order valence-corrected chi connectivity index (χ3v) is 5.02. The zero-order valence-corrected chi connectivity index (χ0v) is 15.0. The number of nitriles is 1. The van der Waals surface area contributed by atoms with Crippen molar-refractivity contribution in [1.29, 1.82) is 5.26 Å². The summed E-state index contributed by atoms with van der Waals surface area (Å²) in [7, 11) is 0. The van der Waals surface area contributed by atoms with Gasteiger partial charge in [-0.25, -0.2) is 14.3 Å². The highest BCUT2D eigenvalue weighted by molar-refractivity contribution is 5.82. The van der Waals surface area contributed by atoms with Gasteiger partial charge in [0.25, 0.3) is 0 Å². The summed E-state index contributed by atoms with van der Waals surface area (Å²) in [6.45, 7) is -0.661. The maximum absolute atomic E-state index is 12.1. The van der Waals surface area contributed by atoms with Gasteiger partial charge in [-0.05, 0) is 12.1 Å².